The predicted molar refractivity (Wildman–Crippen MR) is 247 cm³/mol. The zero-order chi connectivity index (χ0) is 43.1. The third kappa shape index (κ3) is 8.54. The zero-order valence-corrected chi connectivity index (χ0v) is 33.7. The molecule has 0 aromatic heterocycles. The average molecular weight is 795 g/mol. The molecule has 0 amide bonds. The molecule has 0 bridgehead atoms. The van der Waals surface area contributed by atoms with Crippen LogP contribution in [-0.4, -0.2) is 30.6 Å². The predicted octanol–water partition coefficient (Wildman–Crippen LogP) is 12.6. The molecule has 0 saturated carbocycles. The summed E-state index contributed by atoms with van der Waals surface area (Å²) in [6.45, 7) is 23.4. The third-order valence-corrected chi connectivity index (χ3v) is 10.6. The van der Waals surface area contributed by atoms with Crippen LogP contribution in [-0.2, 0) is 38.5 Å². The molecule has 6 aromatic rings. The van der Waals surface area contributed by atoms with Gasteiger partial charge in [-0.3, -0.25) is 0 Å². The average Bonchev–Trinajstić information content (AvgIpc) is 3.23. The van der Waals surface area contributed by atoms with Crippen LogP contribution in [0.1, 0.15) is 33.4 Å². The lowest BCUT2D eigenvalue weighted by molar-refractivity contribution is 0.465. The van der Waals surface area contributed by atoms with Crippen molar-refractivity contribution >= 4 is 0 Å². The molecular weight excluding hydrogens is 745 g/mol. The number of phenols is 6. The summed E-state index contributed by atoms with van der Waals surface area (Å²) in [4.78, 5) is 0. The largest absolute Gasteiger partial charge is 0.508 e. The Morgan fingerprint density at radius 3 is 1.17 bits per heavy atom. The molecule has 0 radical (unpaired) electrons. The number of allylic oxidation sites excluding steroid dienone is 6. The lowest BCUT2D eigenvalue weighted by atomic mass is 9.86. The van der Waals surface area contributed by atoms with E-state index in [2.05, 4.69) is 39.5 Å². The Balaban J connectivity index is 1.63. The molecule has 6 nitrogen and oxygen atoms in total. The fraction of sp³-hybridized carbons (Fsp3) is 0.111. The summed E-state index contributed by atoms with van der Waals surface area (Å²) >= 11 is 0. The Morgan fingerprint density at radius 2 is 0.667 bits per heavy atom. The Morgan fingerprint density at radius 1 is 0.300 bits per heavy atom. The van der Waals surface area contributed by atoms with E-state index in [1.807, 2.05) is 48.5 Å². The maximum atomic E-state index is 12.4. The van der Waals surface area contributed by atoms with Gasteiger partial charge in [0.15, 0.2) is 0 Å². The van der Waals surface area contributed by atoms with Crippen LogP contribution in [0, 0.1) is 0 Å². The number of hydrogen-bond donors (Lipinski definition) is 6. The molecule has 0 aliphatic heterocycles. The molecule has 0 unspecified atom stereocenters. The van der Waals surface area contributed by atoms with Gasteiger partial charge in [0.2, 0.25) is 0 Å². The van der Waals surface area contributed by atoms with Crippen molar-refractivity contribution in [3.05, 3.63) is 194 Å². The van der Waals surface area contributed by atoms with Gasteiger partial charge in [0.05, 0.1) is 0 Å². The van der Waals surface area contributed by atoms with E-state index in [-0.39, 0.29) is 40.9 Å². The van der Waals surface area contributed by atoms with Crippen molar-refractivity contribution in [1.29, 1.82) is 0 Å². The van der Waals surface area contributed by atoms with Gasteiger partial charge in [0.1, 0.15) is 34.5 Å². The lowest BCUT2D eigenvalue weighted by Gasteiger charge is -2.20. The van der Waals surface area contributed by atoms with Crippen molar-refractivity contribution in [2.45, 2.75) is 38.5 Å². The molecule has 6 aromatic carbocycles. The molecule has 0 saturated heterocycles. The summed E-state index contributed by atoms with van der Waals surface area (Å²) in [6, 6.07) is 24.9. The van der Waals surface area contributed by atoms with E-state index in [0.29, 0.717) is 104 Å². The molecule has 0 atom stereocenters. The van der Waals surface area contributed by atoms with Crippen LogP contribution in [0.25, 0.3) is 55.6 Å². The smallest absolute Gasteiger partial charge is 0.131 e. The van der Waals surface area contributed by atoms with Crippen molar-refractivity contribution in [2.75, 3.05) is 0 Å². The number of aromatic hydroxyl groups is 6. The molecule has 0 spiro atoms. The summed E-state index contributed by atoms with van der Waals surface area (Å²) in [7, 11) is 0. The summed E-state index contributed by atoms with van der Waals surface area (Å²) in [5.74, 6) is -0.142. The van der Waals surface area contributed by atoms with Gasteiger partial charge >= 0.3 is 0 Å². The normalized spacial score (nSPS) is 10.9. The summed E-state index contributed by atoms with van der Waals surface area (Å²) in [5.41, 5.74) is 8.93. The van der Waals surface area contributed by atoms with E-state index in [1.54, 1.807) is 72.9 Å². The number of phenolic OH excluding ortho intramolecular Hbond substituents is 6. The number of hydrogen-bond acceptors (Lipinski definition) is 6. The van der Waals surface area contributed by atoms with E-state index in [9.17, 15) is 30.6 Å². The fourth-order valence-corrected chi connectivity index (χ4v) is 7.72. The minimum absolute atomic E-state index is 0.0434. The second-order valence-electron chi connectivity index (χ2n) is 14.8. The van der Waals surface area contributed by atoms with Crippen molar-refractivity contribution in [3.63, 3.8) is 0 Å². The van der Waals surface area contributed by atoms with E-state index < -0.39 is 0 Å². The highest BCUT2D eigenvalue weighted by atomic mass is 16.3. The standard InChI is InChI=1S/C54H50O6/c1-7-13-33-19-21-50(56)42(23-33)40-29-38(17-11-5)51(57)47(31-40)46-27-35(15-9-3)25-44(54(46)60)41-30-39(18-12-6)52(58)48(32-41)45-26-34(14-8-2)24-43(53(45)59)36-20-22-49(55)37(28-36)16-10-4/h7-12,19-32,55-60H,1-6,13-18H2. The first kappa shape index (κ1) is 42.2. The van der Waals surface area contributed by atoms with Gasteiger partial charge in [-0.15, -0.1) is 39.5 Å². The van der Waals surface area contributed by atoms with Crippen LogP contribution in [0.5, 0.6) is 34.5 Å². The van der Waals surface area contributed by atoms with Gasteiger partial charge in [-0.05, 0) is 161 Å². The van der Waals surface area contributed by atoms with Gasteiger partial charge in [-0.25, -0.2) is 0 Å². The fourth-order valence-electron chi connectivity index (χ4n) is 7.72. The summed E-state index contributed by atoms with van der Waals surface area (Å²) in [5, 5.41) is 69.8. The molecule has 0 aliphatic carbocycles. The second-order valence-corrected chi connectivity index (χ2v) is 14.8. The van der Waals surface area contributed by atoms with Crippen LogP contribution < -0.4 is 0 Å². The molecule has 0 aliphatic rings. The van der Waals surface area contributed by atoms with E-state index >= 15 is 0 Å². The summed E-state index contributed by atoms with van der Waals surface area (Å²) < 4.78 is 0. The summed E-state index contributed by atoms with van der Waals surface area (Å²) in [6.07, 6.45) is 12.9. The van der Waals surface area contributed by atoms with E-state index in [4.69, 9.17) is 0 Å². The minimum atomic E-state index is -0.130. The highest BCUT2D eigenvalue weighted by Gasteiger charge is 2.24. The minimum Gasteiger partial charge on any atom is -0.508 e. The Labute approximate surface area is 352 Å². The maximum Gasteiger partial charge on any atom is 0.131 e. The van der Waals surface area contributed by atoms with Crippen molar-refractivity contribution in [3.8, 4) is 90.1 Å². The SMILES string of the molecule is C=CCc1ccc(O)c(-c2cc(CC=C)c(O)c(-c3cc(CC=C)cc(-c4cc(CC=C)c(O)c(-c5cc(CC=C)cc(-c6ccc(O)c(CC=C)c6)c5O)c4)c3O)c2)c1. The maximum absolute atomic E-state index is 12.4. The highest BCUT2D eigenvalue weighted by Crippen LogP contribution is 2.50. The topological polar surface area (TPSA) is 121 Å². The van der Waals surface area contributed by atoms with Gasteiger partial charge in [-0.1, -0.05) is 48.6 Å². The zero-order valence-electron chi connectivity index (χ0n) is 33.7. The lowest BCUT2D eigenvalue weighted by Crippen LogP contribution is -1.96. The van der Waals surface area contributed by atoms with E-state index in [0.717, 1.165) is 16.7 Å². The van der Waals surface area contributed by atoms with E-state index in [1.165, 1.54) is 0 Å². The Kier molecular flexibility index (Phi) is 13.0. The van der Waals surface area contributed by atoms with Gasteiger partial charge in [0, 0.05) is 38.9 Å². The molecule has 6 N–H and O–H groups in total. The first-order chi connectivity index (χ1) is 29.0. The molecule has 0 heterocycles. The van der Waals surface area contributed by atoms with Crippen molar-refractivity contribution in [1.82, 2.24) is 0 Å². The van der Waals surface area contributed by atoms with Crippen LogP contribution in [0.2, 0.25) is 0 Å². The third-order valence-electron chi connectivity index (χ3n) is 10.6. The monoisotopic (exact) mass is 794 g/mol. The first-order valence-electron chi connectivity index (χ1n) is 19.7. The Hall–Kier alpha value is -7.44. The molecule has 6 rings (SSSR count). The quantitative estimate of drug-likeness (QED) is 0.0511. The van der Waals surface area contributed by atoms with Crippen LogP contribution in [0.15, 0.2) is 161 Å². The molecule has 0 fully saturated rings. The van der Waals surface area contributed by atoms with Crippen LogP contribution >= 0.6 is 0 Å². The second kappa shape index (κ2) is 18.4. The Bertz CT molecular complexity index is 2680. The molecular formula is C54H50O6. The molecule has 6 heteroatoms. The van der Waals surface area contributed by atoms with Gasteiger partial charge in [0.25, 0.3) is 0 Å². The first-order valence-corrected chi connectivity index (χ1v) is 19.7. The van der Waals surface area contributed by atoms with Crippen molar-refractivity contribution in [2.24, 2.45) is 0 Å². The highest BCUT2D eigenvalue weighted by molar-refractivity contribution is 5.92. The molecule has 60 heavy (non-hydrogen) atoms. The van der Waals surface area contributed by atoms with Crippen LogP contribution in [0.3, 0.4) is 0 Å². The van der Waals surface area contributed by atoms with Gasteiger partial charge in [-0.2, -0.15) is 0 Å². The number of benzene rings is 6. The van der Waals surface area contributed by atoms with Crippen LogP contribution in [0.4, 0.5) is 0 Å². The van der Waals surface area contributed by atoms with Crippen molar-refractivity contribution < 1.29 is 30.6 Å². The molecule has 302 valence electrons. The number of rotatable bonds is 17. The van der Waals surface area contributed by atoms with Gasteiger partial charge < -0.3 is 30.6 Å².